The number of allylic oxidation sites excluding steroid dienone is 2. The fourth-order valence-corrected chi connectivity index (χ4v) is 4.37. The van der Waals surface area contributed by atoms with E-state index in [1.165, 1.54) is 25.9 Å². The summed E-state index contributed by atoms with van der Waals surface area (Å²) >= 11 is 7.21. The Kier molecular flexibility index (Phi) is 7.86. The largest absolute Gasteiger partial charge is 0.465 e. The van der Waals surface area contributed by atoms with Crippen molar-refractivity contribution in [3.05, 3.63) is 62.3 Å². The van der Waals surface area contributed by atoms with Crippen LogP contribution in [0, 0.1) is 0 Å². The van der Waals surface area contributed by atoms with E-state index in [0.717, 1.165) is 28.2 Å². The molecule has 0 aromatic heterocycles. The number of ether oxygens (including phenoxy) is 2. The van der Waals surface area contributed by atoms with Gasteiger partial charge in [0.05, 0.1) is 25.5 Å². The van der Waals surface area contributed by atoms with E-state index in [2.05, 4.69) is 38.8 Å². The van der Waals surface area contributed by atoms with E-state index in [1.807, 2.05) is 12.1 Å². The smallest absolute Gasteiger partial charge is 0.355 e. The number of hydrogen-bond acceptors (Lipinski definition) is 5. The molecule has 0 saturated heterocycles. The number of nitrogens with zero attached hydrogens (tertiary/aromatic N) is 1. The molecule has 7 heteroatoms. The highest BCUT2D eigenvalue weighted by Crippen LogP contribution is 2.39. The summed E-state index contributed by atoms with van der Waals surface area (Å²) in [6, 6.07) is 4.04. The monoisotopic (exact) mass is 497 g/mol. The van der Waals surface area contributed by atoms with Crippen molar-refractivity contribution in [1.29, 1.82) is 0 Å². The number of methoxy groups -OCH3 is 2. The predicted octanol–water partition coefficient (Wildman–Crippen LogP) is 5.04. The van der Waals surface area contributed by atoms with Crippen molar-refractivity contribution in [3.8, 4) is 0 Å². The van der Waals surface area contributed by atoms with Gasteiger partial charge >= 0.3 is 11.9 Å². The van der Waals surface area contributed by atoms with Gasteiger partial charge in [0.1, 0.15) is 5.70 Å². The van der Waals surface area contributed by atoms with Crippen molar-refractivity contribution >= 4 is 49.5 Å². The molecule has 1 aromatic rings. The van der Waals surface area contributed by atoms with Gasteiger partial charge in [-0.25, -0.2) is 9.59 Å². The fraction of sp³-hybridized carbons (Fsp3) is 0.300. The van der Waals surface area contributed by atoms with Crippen molar-refractivity contribution in [1.82, 2.24) is 0 Å². The number of esters is 2. The zero-order chi connectivity index (χ0) is 20.0. The first-order chi connectivity index (χ1) is 12.9. The van der Waals surface area contributed by atoms with Crippen LogP contribution in [0.15, 0.2) is 56.8 Å². The first kappa shape index (κ1) is 21.4. The summed E-state index contributed by atoms with van der Waals surface area (Å²) in [5.74, 6) is -1.26. The molecule has 0 bridgehead atoms. The number of rotatable bonds is 6. The van der Waals surface area contributed by atoms with Crippen LogP contribution in [0.5, 0.6) is 0 Å². The maximum atomic E-state index is 12.5. The maximum absolute atomic E-state index is 12.5. The Labute approximate surface area is 176 Å². The van der Waals surface area contributed by atoms with E-state index in [9.17, 15) is 9.59 Å². The topological polar surface area (TPSA) is 55.8 Å². The van der Waals surface area contributed by atoms with Crippen molar-refractivity contribution in [2.75, 3.05) is 19.1 Å². The second kappa shape index (κ2) is 9.90. The number of carbonyl (C=O) groups is 2. The van der Waals surface area contributed by atoms with Gasteiger partial charge in [0, 0.05) is 15.1 Å². The van der Waals surface area contributed by atoms with Gasteiger partial charge < -0.3 is 14.4 Å². The van der Waals surface area contributed by atoms with Crippen LogP contribution in [-0.4, -0.2) is 26.2 Å². The lowest BCUT2D eigenvalue weighted by atomic mass is 10.1. The summed E-state index contributed by atoms with van der Waals surface area (Å²) < 4.78 is 11.4. The summed E-state index contributed by atoms with van der Waals surface area (Å²) in [4.78, 5) is 26.4. The lowest BCUT2D eigenvalue weighted by Crippen LogP contribution is -2.27. The molecule has 1 aliphatic heterocycles. The van der Waals surface area contributed by atoms with E-state index in [1.54, 1.807) is 23.3 Å². The molecule has 5 nitrogen and oxygen atoms in total. The van der Waals surface area contributed by atoms with Crippen LogP contribution in [0.3, 0.4) is 0 Å². The zero-order valence-electron chi connectivity index (χ0n) is 15.4. The summed E-state index contributed by atoms with van der Waals surface area (Å²) in [5.41, 5.74) is 2.06. The average molecular weight is 499 g/mol. The Morgan fingerprint density at radius 2 is 1.67 bits per heavy atom. The Morgan fingerprint density at radius 3 is 2.22 bits per heavy atom. The third kappa shape index (κ3) is 4.90. The third-order valence-corrected chi connectivity index (χ3v) is 5.23. The van der Waals surface area contributed by atoms with Crippen LogP contribution < -0.4 is 4.90 Å². The van der Waals surface area contributed by atoms with Crippen LogP contribution in [0.1, 0.15) is 25.3 Å². The molecule has 0 unspecified atom stereocenters. The van der Waals surface area contributed by atoms with Gasteiger partial charge in [0.2, 0.25) is 0 Å². The Morgan fingerprint density at radius 1 is 1.04 bits per heavy atom. The predicted molar refractivity (Wildman–Crippen MR) is 112 cm³/mol. The van der Waals surface area contributed by atoms with Crippen molar-refractivity contribution in [2.24, 2.45) is 0 Å². The Balaban J connectivity index is 2.64. The number of anilines is 1. The minimum absolute atomic E-state index is 0.0806. The lowest BCUT2D eigenvalue weighted by molar-refractivity contribution is -0.139. The molecule has 0 N–H and O–H groups in total. The Hall–Kier alpha value is -1.86. The van der Waals surface area contributed by atoms with Crippen LogP contribution >= 0.6 is 31.9 Å². The van der Waals surface area contributed by atoms with Crippen LogP contribution in [-0.2, 0) is 25.5 Å². The molecule has 1 aliphatic rings. The standard InChI is InChI=1S/C20H21Br2NO4/c1-4-5-8-13-11-15(21)18(16(22)12-13)23-10-7-6-9-14(19(24)26-2)17(23)20(25)27-3/h6-7,9-12H,4-5,8H2,1-3H3. The van der Waals surface area contributed by atoms with E-state index >= 15 is 0 Å². The van der Waals surface area contributed by atoms with Gasteiger partial charge in [0.25, 0.3) is 0 Å². The van der Waals surface area contributed by atoms with Crippen LogP contribution in [0.4, 0.5) is 5.69 Å². The summed E-state index contributed by atoms with van der Waals surface area (Å²) in [6.45, 7) is 2.15. The number of carbonyl (C=O) groups excluding carboxylic acids is 2. The van der Waals surface area contributed by atoms with E-state index < -0.39 is 11.9 Å². The zero-order valence-corrected chi connectivity index (χ0v) is 18.6. The number of benzene rings is 1. The van der Waals surface area contributed by atoms with Gasteiger partial charge in [-0.1, -0.05) is 19.4 Å². The molecule has 0 radical (unpaired) electrons. The van der Waals surface area contributed by atoms with Gasteiger partial charge in [-0.2, -0.15) is 0 Å². The number of hydrogen-bond donors (Lipinski definition) is 0. The molecule has 0 aliphatic carbocycles. The number of aryl methyl sites for hydroxylation is 1. The first-order valence-corrected chi connectivity index (χ1v) is 10.1. The van der Waals surface area contributed by atoms with Crippen molar-refractivity contribution < 1.29 is 19.1 Å². The highest BCUT2D eigenvalue weighted by atomic mass is 79.9. The molecule has 27 heavy (non-hydrogen) atoms. The van der Waals surface area contributed by atoms with Gasteiger partial charge in [0.15, 0.2) is 0 Å². The molecule has 144 valence electrons. The van der Waals surface area contributed by atoms with Gasteiger partial charge in [-0.05, 0) is 74.5 Å². The molecular weight excluding hydrogens is 478 g/mol. The summed E-state index contributed by atoms with van der Waals surface area (Å²) in [7, 11) is 2.55. The quantitative estimate of drug-likeness (QED) is 0.514. The number of halogens is 2. The molecule has 2 rings (SSSR count). The molecule has 1 aromatic carbocycles. The second-order valence-electron chi connectivity index (χ2n) is 5.83. The highest BCUT2D eigenvalue weighted by molar-refractivity contribution is 9.11. The molecule has 0 saturated carbocycles. The minimum atomic E-state index is -0.638. The van der Waals surface area contributed by atoms with Crippen molar-refractivity contribution in [2.45, 2.75) is 26.2 Å². The molecule has 0 spiro atoms. The van der Waals surface area contributed by atoms with Crippen LogP contribution in [0.25, 0.3) is 0 Å². The fourth-order valence-electron chi connectivity index (χ4n) is 2.71. The first-order valence-electron chi connectivity index (χ1n) is 8.47. The molecular formula is C20H21Br2NO4. The molecule has 0 amide bonds. The van der Waals surface area contributed by atoms with E-state index in [0.29, 0.717) is 5.69 Å². The molecule has 0 fully saturated rings. The average Bonchev–Trinajstić information content (AvgIpc) is 2.87. The highest BCUT2D eigenvalue weighted by Gasteiger charge is 2.29. The second-order valence-corrected chi connectivity index (χ2v) is 7.54. The lowest BCUT2D eigenvalue weighted by Gasteiger charge is -2.25. The van der Waals surface area contributed by atoms with E-state index in [4.69, 9.17) is 9.47 Å². The summed E-state index contributed by atoms with van der Waals surface area (Å²) in [5, 5.41) is 0. The van der Waals surface area contributed by atoms with Gasteiger partial charge in [-0.15, -0.1) is 0 Å². The molecule has 1 heterocycles. The maximum Gasteiger partial charge on any atom is 0.355 e. The van der Waals surface area contributed by atoms with Crippen molar-refractivity contribution in [3.63, 3.8) is 0 Å². The normalized spacial score (nSPS) is 13.6. The Bertz CT molecular complexity index is 804. The number of unbranched alkanes of at least 4 members (excludes halogenated alkanes) is 1. The van der Waals surface area contributed by atoms with Crippen LogP contribution in [0.2, 0.25) is 0 Å². The SMILES string of the molecule is CCCCc1cc(Br)c(N2C=CC=CC(C(=O)OC)=C2C(=O)OC)c(Br)c1. The molecule has 0 atom stereocenters. The third-order valence-electron chi connectivity index (χ3n) is 4.03. The summed E-state index contributed by atoms with van der Waals surface area (Å²) in [6.07, 6.45) is 9.80. The van der Waals surface area contributed by atoms with E-state index in [-0.39, 0.29) is 11.3 Å². The van der Waals surface area contributed by atoms with Gasteiger partial charge in [-0.3, -0.25) is 0 Å². The minimum Gasteiger partial charge on any atom is -0.465 e.